The van der Waals surface area contributed by atoms with Gasteiger partial charge in [0.15, 0.2) is 0 Å². The molecule has 0 bridgehead atoms. The van der Waals surface area contributed by atoms with E-state index in [0.717, 1.165) is 36.2 Å². The van der Waals surface area contributed by atoms with Gasteiger partial charge >= 0.3 is 0 Å². The number of aryl methyl sites for hydroxylation is 1. The third-order valence-corrected chi connectivity index (χ3v) is 7.63. The van der Waals surface area contributed by atoms with Crippen molar-refractivity contribution in [3.8, 4) is 0 Å². The van der Waals surface area contributed by atoms with E-state index in [0.29, 0.717) is 45.8 Å². The van der Waals surface area contributed by atoms with Gasteiger partial charge in [-0.25, -0.2) is 4.98 Å². The first kappa shape index (κ1) is 22.3. The molecule has 0 saturated carbocycles. The van der Waals surface area contributed by atoms with Crippen LogP contribution in [0.2, 0.25) is 0 Å². The van der Waals surface area contributed by atoms with Crippen LogP contribution in [0.15, 0.2) is 24.3 Å². The van der Waals surface area contributed by atoms with Crippen molar-refractivity contribution in [1.29, 1.82) is 0 Å². The van der Waals surface area contributed by atoms with Gasteiger partial charge in [-0.15, -0.1) is 0 Å². The molecule has 3 aliphatic rings. The molecule has 33 heavy (non-hydrogen) atoms. The Balaban J connectivity index is 1.25. The second-order valence-electron chi connectivity index (χ2n) is 9.44. The van der Waals surface area contributed by atoms with Crippen LogP contribution >= 0.6 is 0 Å². The van der Waals surface area contributed by atoms with Gasteiger partial charge in [0.2, 0.25) is 11.8 Å². The van der Waals surface area contributed by atoms with E-state index < -0.39 is 0 Å². The summed E-state index contributed by atoms with van der Waals surface area (Å²) in [6, 6.07) is 8.23. The highest BCUT2D eigenvalue weighted by Crippen LogP contribution is 2.29. The summed E-state index contributed by atoms with van der Waals surface area (Å²) >= 11 is 0. The topological polar surface area (TPSA) is 82.9 Å². The number of amides is 2. The van der Waals surface area contributed by atoms with Gasteiger partial charge in [-0.1, -0.05) is 12.1 Å². The van der Waals surface area contributed by atoms with E-state index in [2.05, 4.69) is 32.8 Å². The minimum absolute atomic E-state index is 0.0881. The van der Waals surface area contributed by atoms with E-state index in [1.807, 2.05) is 30.1 Å². The first-order chi connectivity index (χ1) is 16.0. The van der Waals surface area contributed by atoms with Crippen LogP contribution in [0.25, 0.3) is 11.0 Å². The van der Waals surface area contributed by atoms with E-state index in [-0.39, 0.29) is 29.9 Å². The van der Waals surface area contributed by atoms with Crippen LogP contribution in [0.4, 0.5) is 0 Å². The van der Waals surface area contributed by atoms with Crippen molar-refractivity contribution in [2.45, 2.75) is 43.9 Å². The summed E-state index contributed by atoms with van der Waals surface area (Å²) in [6.07, 6.45) is 2.19. The lowest BCUT2D eigenvalue weighted by molar-refractivity contribution is -0.135. The van der Waals surface area contributed by atoms with Crippen LogP contribution in [0.5, 0.6) is 0 Å². The highest BCUT2D eigenvalue weighted by Gasteiger charge is 2.45. The maximum Gasteiger partial charge on any atom is 0.239 e. The quantitative estimate of drug-likeness (QED) is 0.712. The van der Waals surface area contributed by atoms with Crippen LogP contribution in [0.1, 0.15) is 25.1 Å². The maximum atomic E-state index is 13.1. The van der Waals surface area contributed by atoms with E-state index in [4.69, 9.17) is 9.72 Å². The number of nitrogens with one attached hydrogen (secondary N) is 1. The van der Waals surface area contributed by atoms with Crippen LogP contribution < -0.4 is 5.32 Å². The van der Waals surface area contributed by atoms with Crippen LogP contribution in [0.3, 0.4) is 0 Å². The molecule has 9 heteroatoms. The molecule has 3 aliphatic heterocycles. The fourth-order valence-electron chi connectivity index (χ4n) is 5.61. The number of hydrogen-bond acceptors (Lipinski definition) is 6. The second kappa shape index (κ2) is 9.40. The third-order valence-electron chi connectivity index (χ3n) is 7.63. The number of carbonyl (C=O) groups is 2. The molecule has 0 aliphatic carbocycles. The summed E-state index contributed by atoms with van der Waals surface area (Å²) in [5.74, 6) is 1.25. The predicted octanol–water partition coefficient (Wildman–Crippen LogP) is 0.585. The number of para-hydroxylation sites is 2. The van der Waals surface area contributed by atoms with E-state index in [9.17, 15) is 9.59 Å². The summed E-state index contributed by atoms with van der Waals surface area (Å²) in [7, 11) is 4.15. The fourth-order valence-corrected chi connectivity index (χ4v) is 5.61. The number of carbonyl (C=O) groups excluding carboxylic acids is 2. The molecule has 9 nitrogen and oxygen atoms in total. The lowest BCUT2D eigenvalue weighted by atomic mass is 10.0. The van der Waals surface area contributed by atoms with Crippen molar-refractivity contribution < 1.29 is 14.3 Å². The number of likely N-dealkylation sites (tertiary alicyclic amines) is 1. The first-order valence-corrected chi connectivity index (χ1v) is 12.0. The Bertz CT molecular complexity index is 1020. The zero-order valence-electron chi connectivity index (χ0n) is 19.6. The number of benzene rings is 1. The van der Waals surface area contributed by atoms with Crippen LogP contribution in [-0.2, 0) is 27.9 Å². The minimum atomic E-state index is -0.199. The van der Waals surface area contributed by atoms with E-state index in [1.54, 1.807) is 0 Å². The van der Waals surface area contributed by atoms with Crippen molar-refractivity contribution in [3.05, 3.63) is 30.1 Å². The smallest absolute Gasteiger partial charge is 0.239 e. The average molecular weight is 455 g/mol. The summed E-state index contributed by atoms with van der Waals surface area (Å²) in [5, 5.41) is 3.16. The number of hydrogen-bond donors (Lipinski definition) is 1. The van der Waals surface area contributed by atoms with E-state index >= 15 is 0 Å². The molecule has 1 N–H and O–H groups in total. The number of imidazole rings is 1. The highest BCUT2D eigenvalue weighted by molar-refractivity contribution is 5.83. The molecule has 0 unspecified atom stereocenters. The molecule has 3 atom stereocenters. The molecular formula is C24H34N6O3. The van der Waals surface area contributed by atoms with Crippen molar-refractivity contribution in [3.63, 3.8) is 0 Å². The van der Waals surface area contributed by atoms with Gasteiger partial charge in [0.05, 0.1) is 30.8 Å². The standard InChI is InChI=1S/C24H34N6O3/c1-27-17(7-8-22(31)29-11-13-33-14-12-29)15-25-24(32)23-20(27)9-10-30(23)16-21-26-18-5-3-4-6-19(18)28(21)2/h3-6,17,20,23H,7-16H2,1-2H3,(H,25,32)/t17-,20-,23-/m0/s1. The Morgan fingerprint density at radius 1 is 1.18 bits per heavy atom. The summed E-state index contributed by atoms with van der Waals surface area (Å²) < 4.78 is 7.48. The van der Waals surface area contributed by atoms with Gasteiger partial charge in [0.25, 0.3) is 0 Å². The number of nitrogens with zero attached hydrogens (tertiary/aromatic N) is 5. The zero-order valence-corrected chi connectivity index (χ0v) is 19.6. The summed E-state index contributed by atoms with van der Waals surface area (Å²) in [4.78, 5) is 37.1. The number of likely N-dealkylation sites (N-methyl/N-ethyl adjacent to an activating group) is 1. The summed E-state index contributed by atoms with van der Waals surface area (Å²) in [6.45, 7) is 4.69. The Kier molecular flexibility index (Phi) is 6.36. The van der Waals surface area contributed by atoms with E-state index in [1.165, 1.54) is 0 Å². The van der Waals surface area contributed by atoms with Crippen molar-refractivity contribution in [2.75, 3.05) is 46.4 Å². The lowest BCUT2D eigenvalue weighted by Crippen LogP contribution is -2.49. The third kappa shape index (κ3) is 4.37. The van der Waals surface area contributed by atoms with Gasteiger partial charge in [0.1, 0.15) is 11.9 Å². The number of morpholine rings is 1. The van der Waals surface area contributed by atoms with Gasteiger partial charge in [-0.3, -0.25) is 19.4 Å². The Morgan fingerprint density at radius 3 is 2.76 bits per heavy atom. The van der Waals surface area contributed by atoms with Gasteiger partial charge in [0, 0.05) is 51.7 Å². The maximum absolute atomic E-state index is 13.1. The van der Waals surface area contributed by atoms with Crippen molar-refractivity contribution >= 4 is 22.8 Å². The summed E-state index contributed by atoms with van der Waals surface area (Å²) in [5.41, 5.74) is 2.09. The number of fused-ring (bicyclic) bond motifs is 2. The fraction of sp³-hybridized carbons (Fsp3) is 0.625. The molecule has 1 aromatic heterocycles. The molecule has 4 heterocycles. The molecule has 5 rings (SSSR count). The largest absolute Gasteiger partial charge is 0.378 e. The second-order valence-corrected chi connectivity index (χ2v) is 9.44. The normalized spacial score (nSPS) is 26.9. The average Bonchev–Trinajstić information content (AvgIpc) is 3.37. The highest BCUT2D eigenvalue weighted by atomic mass is 16.5. The van der Waals surface area contributed by atoms with Crippen molar-refractivity contribution in [1.82, 2.24) is 29.6 Å². The number of aromatic nitrogens is 2. The lowest BCUT2D eigenvalue weighted by Gasteiger charge is -2.33. The molecule has 0 spiro atoms. The predicted molar refractivity (Wildman–Crippen MR) is 125 cm³/mol. The molecule has 3 fully saturated rings. The number of rotatable bonds is 5. The van der Waals surface area contributed by atoms with Gasteiger partial charge in [-0.05, 0) is 32.0 Å². The van der Waals surface area contributed by atoms with Crippen molar-refractivity contribution in [2.24, 2.45) is 7.05 Å². The molecule has 2 aromatic rings. The minimum Gasteiger partial charge on any atom is -0.378 e. The molecule has 2 amide bonds. The molecule has 0 radical (unpaired) electrons. The molecule has 1 aromatic carbocycles. The Labute approximate surface area is 194 Å². The monoisotopic (exact) mass is 454 g/mol. The molecule has 178 valence electrons. The van der Waals surface area contributed by atoms with Gasteiger partial charge in [-0.2, -0.15) is 0 Å². The molecular weight excluding hydrogens is 420 g/mol. The SMILES string of the molecule is CN1[C@@H](CCC(=O)N2CCOCC2)CNC(=O)[C@@H]2[C@@H]1CCN2Cc1nc2ccccc2n1C. The molecule has 3 saturated heterocycles. The number of ether oxygens (including phenoxy) is 1. The first-order valence-electron chi connectivity index (χ1n) is 12.0. The Morgan fingerprint density at radius 2 is 1.97 bits per heavy atom. The Hall–Kier alpha value is -2.49. The van der Waals surface area contributed by atoms with Gasteiger partial charge < -0.3 is 19.5 Å². The van der Waals surface area contributed by atoms with Crippen LogP contribution in [0, 0.1) is 0 Å². The zero-order chi connectivity index (χ0) is 22.9. The van der Waals surface area contributed by atoms with Crippen LogP contribution in [-0.4, -0.2) is 101 Å².